The smallest absolute Gasteiger partial charge is 0.230 e. The zero-order valence-electron chi connectivity index (χ0n) is 14.2. The summed E-state index contributed by atoms with van der Waals surface area (Å²) in [7, 11) is 1.87. The van der Waals surface area contributed by atoms with Crippen molar-refractivity contribution in [3.63, 3.8) is 0 Å². The number of nitrogens with zero attached hydrogens (tertiary/aromatic N) is 3. The number of anilines is 1. The van der Waals surface area contributed by atoms with E-state index in [2.05, 4.69) is 15.4 Å². The molecule has 3 aromatic rings. The van der Waals surface area contributed by atoms with Crippen molar-refractivity contribution >= 4 is 34.9 Å². The van der Waals surface area contributed by atoms with E-state index in [9.17, 15) is 4.79 Å². The molecule has 6 nitrogen and oxygen atoms in total. The average Bonchev–Trinajstić information content (AvgIpc) is 3.12. The van der Waals surface area contributed by atoms with Crippen LogP contribution >= 0.6 is 23.3 Å². The number of thiazole rings is 1. The Morgan fingerprint density at radius 1 is 1.32 bits per heavy atom. The molecule has 2 heterocycles. The summed E-state index contributed by atoms with van der Waals surface area (Å²) in [6.45, 7) is 3.93. The molecule has 2 aromatic heterocycles. The highest BCUT2D eigenvalue weighted by Gasteiger charge is 2.12. The van der Waals surface area contributed by atoms with Gasteiger partial charge >= 0.3 is 0 Å². The van der Waals surface area contributed by atoms with Gasteiger partial charge in [0, 0.05) is 34.3 Å². The van der Waals surface area contributed by atoms with E-state index in [0.29, 0.717) is 5.69 Å². The number of benzene rings is 1. The Balaban J connectivity index is 1.81. The van der Waals surface area contributed by atoms with Crippen LogP contribution in [-0.2, 0) is 18.3 Å². The highest BCUT2D eigenvalue weighted by molar-refractivity contribution is 7.97. The normalized spacial score (nSPS) is 10.9. The first-order valence-corrected chi connectivity index (χ1v) is 9.38. The summed E-state index contributed by atoms with van der Waals surface area (Å²) in [6, 6.07) is 5.76. The van der Waals surface area contributed by atoms with Crippen molar-refractivity contribution in [3.8, 4) is 11.1 Å². The predicted molar refractivity (Wildman–Crippen MR) is 103 cm³/mol. The molecule has 3 rings (SSSR count). The summed E-state index contributed by atoms with van der Waals surface area (Å²) in [5, 5.41) is 13.8. The Morgan fingerprint density at radius 3 is 2.72 bits per heavy atom. The maximum Gasteiger partial charge on any atom is 0.230 e. The Morgan fingerprint density at radius 2 is 2.12 bits per heavy atom. The quantitative estimate of drug-likeness (QED) is 0.670. The third-order valence-corrected chi connectivity index (χ3v) is 5.13. The van der Waals surface area contributed by atoms with Crippen LogP contribution in [0.3, 0.4) is 0 Å². The van der Waals surface area contributed by atoms with E-state index >= 15 is 0 Å². The van der Waals surface area contributed by atoms with E-state index in [-0.39, 0.29) is 12.3 Å². The van der Waals surface area contributed by atoms with Crippen molar-refractivity contribution in [2.45, 2.75) is 25.2 Å². The molecular weight excluding hydrogens is 354 g/mol. The molecule has 25 heavy (non-hydrogen) atoms. The van der Waals surface area contributed by atoms with Gasteiger partial charge in [0.1, 0.15) is 0 Å². The second kappa shape index (κ2) is 7.38. The molecule has 0 aliphatic carbocycles. The molecule has 3 N–H and O–H groups in total. The molecule has 1 amide bonds. The van der Waals surface area contributed by atoms with Gasteiger partial charge in [0.2, 0.25) is 5.91 Å². The molecule has 0 atom stereocenters. The van der Waals surface area contributed by atoms with Crippen LogP contribution in [0.2, 0.25) is 0 Å². The molecule has 0 fully saturated rings. The summed E-state index contributed by atoms with van der Waals surface area (Å²) < 4.78 is 1.74. The number of carbonyl (C=O) groups is 1. The molecule has 0 unspecified atom stereocenters. The van der Waals surface area contributed by atoms with Crippen molar-refractivity contribution in [2.24, 2.45) is 12.2 Å². The van der Waals surface area contributed by atoms with Gasteiger partial charge < -0.3 is 5.32 Å². The number of aryl methyl sites for hydroxylation is 3. The van der Waals surface area contributed by atoms with Crippen LogP contribution < -0.4 is 10.5 Å². The molecule has 1 aromatic carbocycles. The van der Waals surface area contributed by atoms with E-state index in [1.54, 1.807) is 22.2 Å². The summed E-state index contributed by atoms with van der Waals surface area (Å²) in [5.74, 6) is -0.0929. The van der Waals surface area contributed by atoms with Gasteiger partial charge in [0.15, 0.2) is 0 Å². The summed E-state index contributed by atoms with van der Waals surface area (Å²) >= 11 is 2.75. The van der Waals surface area contributed by atoms with E-state index in [4.69, 9.17) is 5.14 Å². The second-order valence-electron chi connectivity index (χ2n) is 5.73. The Bertz CT molecular complexity index is 916. The molecule has 130 valence electrons. The molecule has 0 saturated carbocycles. The standard InChI is InChI=1S/C17H19N5OS2/c1-10-16(20-11(2)24-10)7-17(23)21-14-4-12(5-15(6-14)25-18)13-8-19-22(3)9-13/h4-6,8-9H,7,18H2,1-3H3,(H,21,23). The Kier molecular flexibility index (Phi) is 5.22. The lowest BCUT2D eigenvalue weighted by Gasteiger charge is -2.09. The fourth-order valence-corrected chi connectivity index (χ4v) is 3.79. The highest BCUT2D eigenvalue weighted by Crippen LogP contribution is 2.28. The number of carbonyl (C=O) groups excluding carboxylic acids is 1. The number of nitrogens with two attached hydrogens (primary N) is 1. The topological polar surface area (TPSA) is 85.8 Å². The van der Waals surface area contributed by atoms with Crippen molar-refractivity contribution in [2.75, 3.05) is 5.32 Å². The number of amides is 1. The number of nitrogens with one attached hydrogen (secondary N) is 1. The van der Waals surface area contributed by atoms with E-state index in [1.807, 2.05) is 45.3 Å². The number of rotatable bonds is 5. The highest BCUT2D eigenvalue weighted by atomic mass is 32.2. The lowest BCUT2D eigenvalue weighted by atomic mass is 10.1. The maximum absolute atomic E-state index is 12.4. The van der Waals surface area contributed by atoms with Crippen molar-refractivity contribution in [1.29, 1.82) is 0 Å². The van der Waals surface area contributed by atoms with Gasteiger partial charge in [-0.15, -0.1) is 11.3 Å². The van der Waals surface area contributed by atoms with Crippen LogP contribution in [0.4, 0.5) is 5.69 Å². The number of hydrogen-bond acceptors (Lipinski definition) is 6. The summed E-state index contributed by atoms with van der Waals surface area (Å²) in [5.41, 5.74) is 3.47. The maximum atomic E-state index is 12.4. The minimum atomic E-state index is -0.0929. The molecule has 0 bridgehead atoms. The fraction of sp³-hybridized carbons (Fsp3) is 0.235. The number of aromatic nitrogens is 3. The van der Waals surface area contributed by atoms with Gasteiger partial charge in [0.25, 0.3) is 0 Å². The monoisotopic (exact) mass is 373 g/mol. The first-order valence-electron chi connectivity index (χ1n) is 7.68. The molecule has 8 heteroatoms. The lowest BCUT2D eigenvalue weighted by Crippen LogP contribution is -2.15. The van der Waals surface area contributed by atoms with E-state index < -0.39 is 0 Å². The first kappa shape index (κ1) is 17.7. The molecule has 0 saturated heterocycles. The zero-order chi connectivity index (χ0) is 18.0. The van der Waals surface area contributed by atoms with Crippen LogP contribution in [0, 0.1) is 13.8 Å². The molecule has 0 aliphatic rings. The third kappa shape index (κ3) is 4.28. The number of hydrogen-bond donors (Lipinski definition) is 2. The Hall–Kier alpha value is -2.16. The van der Waals surface area contributed by atoms with Gasteiger partial charge in [-0.2, -0.15) is 5.10 Å². The van der Waals surface area contributed by atoms with Crippen LogP contribution in [0.5, 0.6) is 0 Å². The lowest BCUT2D eigenvalue weighted by molar-refractivity contribution is -0.115. The van der Waals surface area contributed by atoms with E-state index in [0.717, 1.165) is 43.5 Å². The van der Waals surface area contributed by atoms with Gasteiger partial charge in [-0.25, -0.2) is 4.98 Å². The minimum absolute atomic E-state index is 0.0929. The zero-order valence-corrected chi connectivity index (χ0v) is 15.9. The molecule has 0 radical (unpaired) electrons. The van der Waals surface area contributed by atoms with E-state index in [1.165, 1.54) is 0 Å². The van der Waals surface area contributed by atoms with Crippen LogP contribution in [0.25, 0.3) is 11.1 Å². The van der Waals surface area contributed by atoms with Crippen LogP contribution in [0.1, 0.15) is 15.6 Å². The van der Waals surface area contributed by atoms with Crippen molar-refractivity contribution < 1.29 is 4.79 Å². The van der Waals surface area contributed by atoms with Crippen LogP contribution in [-0.4, -0.2) is 20.7 Å². The van der Waals surface area contributed by atoms with Gasteiger partial charge in [-0.05, 0) is 49.6 Å². The molecule has 0 aliphatic heterocycles. The van der Waals surface area contributed by atoms with Crippen molar-refractivity contribution in [3.05, 3.63) is 46.2 Å². The SMILES string of the molecule is Cc1nc(CC(=O)Nc2cc(SN)cc(-c3cnn(C)c3)c2)c(C)s1. The predicted octanol–water partition coefficient (Wildman–Crippen LogP) is 3.31. The van der Waals surface area contributed by atoms with Gasteiger partial charge in [-0.3, -0.25) is 14.6 Å². The second-order valence-corrected chi connectivity index (χ2v) is 7.84. The Labute approximate surface area is 154 Å². The van der Waals surface area contributed by atoms with Crippen molar-refractivity contribution in [1.82, 2.24) is 14.8 Å². The largest absolute Gasteiger partial charge is 0.326 e. The molecule has 0 spiro atoms. The molecular formula is C17H19N5OS2. The van der Waals surface area contributed by atoms with Gasteiger partial charge in [0.05, 0.1) is 23.3 Å². The summed E-state index contributed by atoms with van der Waals surface area (Å²) in [6.07, 6.45) is 3.97. The minimum Gasteiger partial charge on any atom is -0.326 e. The summed E-state index contributed by atoms with van der Waals surface area (Å²) in [4.78, 5) is 18.8. The van der Waals surface area contributed by atoms with Gasteiger partial charge in [-0.1, -0.05) is 0 Å². The average molecular weight is 374 g/mol. The van der Waals surface area contributed by atoms with Crippen LogP contribution in [0.15, 0.2) is 35.5 Å². The fourth-order valence-electron chi connectivity index (χ4n) is 2.57. The third-order valence-electron chi connectivity index (χ3n) is 3.69. The first-order chi connectivity index (χ1) is 11.9.